The molecular weight excluding hydrogens is 331 g/mol. The normalized spacial score (nSPS) is 11.9. The molecule has 0 heterocycles. The Kier molecular flexibility index (Phi) is 6.50. The van der Waals surface area contributed by atoms with Crippen molar-refractivity contribution in [2.24, 2.45) is 5.92 Å². The van der Waals surface area contributed by atoms with Gasteiger partial charge in [0.15, 0.2) is 0 Å². The zero-order valence-electron chi connectivity index (χ0n) is 15.6. The second-order valence-corrected chi connectivity index (χ2v) is 6.89. The zero-order valence-corrected chi connectivity index (χ0v) is 15.6. The first-order chi connectivity index (χ1) is 12.3. The fourth-order valence-corrected chi connectivity index (χ4v) is 2.70. The van der Waals surface area contributed by atoms with Gasteiger partial charge in [0.1, 0.15) is 11.9 Å². The third kappa shape index (κ3) is 5.15. The number of carbonyl (C=O) groups excluding carboxylic acids is 2. The highest BCUT2D eigenvalue weighted by atomic mass is 19.1. The van der Waals surface area contributed by atoms with E-state index in [0.29, 0.717) is 12.1 Å². The van der Waals surface area contributed by atoms with Gasteiger partial charge in [-0.15, -0.1) is 0 Å². The Bertz CT molecular complexity index is 772. The van der Waals surface area contributed by atoms with Gasteiger partial charge in [0, 0.05) is 19.2 Å². The van der Waals surface area contributed by atoms with Crippen molar-refractivity contribution in [3.8, 4) is 0 Å². The third-order valence-corrected chi connectivity index (χ3v) is 4.21. The van der Waals surface area contributed by atoms with Crippen LogP contribution in [0, 0.1) is 18.7 Å². The molecule has 26 heavy (non-hydrogen) atoms. The summed E-state index contributed by atoms with van der Waals surface area (Å²) in [4.78, 5) is 26.9. The lowest BCUT2D eigenvalue weighted by Gasteiger charge is -2.27. The molecule has 0 bridgehead atoms. The minimum Gasteiger partial charge on any atom is -0.340 e. The molecule has 0 saturated carbocycles. The number of amides is 2. The van der Waals surface area contributed by atoms with E-state index in [4.69, 9.17) is 0 Å². The van der Waals surface area contributed by atoms with E-state index in [2.05, 4.69) is 5.32 Å². The van der Waals surface area contributed by atoms with Crippen molar-refractivity contribution in [2.75, 3.05) is 7.05 Å². The largest absolute Gasteiger partial charge is 0.340 e. The van der Waals surface area contributed by atoms with Gasteiger partial charge in [0.2, 0.25) is 5.91 Å². The van der Waals surface area contributed by atoms with E-state index in [1.54, 1.807) is 36.2 Å². The molecule has 0 unspecified atom stereocenters. The molecular formula is C21H25FN2O2. The lowest BCUT2D eigenvalue weighted by atomic mass is 10.0. The Morgan fingerprint density at radius 1 is 1.12 bits per heavy atom. The van der Waals surface area contributed by atoms with Gasteiger partial charge >= 0.3 is 0 Å². The smallest absolute Gasteiger partial charge is 0.251 e. The van der Waals surface area contributed by atoms with Crippen LogP contribution in [0.5, 0.6) is 0 Å². The van der Waals surface area contributed by atoms with Crippen LogP contribution in [-0.2, 0) is 11.3 Å². The van der Waals surface area contributed by atoms with E-state index in [-0.39, 0.29) is 23.5 Å². The van der Waals surface area contributed by atoms with Crippen LogP contribution in [0.2, 0.25) is 0 Å². The molecule has 0 spiro atoms. The number of benzene rings is 2. The molecule has 0 radical (unpaired) electrons. The average Bonchev–Trinajstić information content (AvgIpc) is 2.60. The second-order valence-electron chi connectivity index (χ2n) is 6.89. The molecule has 0 aliphatic rings. The van der Waals surface area contributed by atoms with Gasteiger partial charge in [-0.3, -0.25) is 9.59 Å². The summed E-state index contributed by atoms with van der Waals surface area (Å²) in [6.45, 7) is 6.05. The summed E-state index contributed by atoms with van der Waals surface area (Å²) < 4.78 is 13.0. The maximum Gasteiger partial charge on any atom is 0.251 e. The number of carbonyl (C=O) groups is 2. The quantitative estimate of drug-likeness (QED) is 0.861. The molecule has 0 fully saturated rings. The average molecular weight is 356 g/mol. The van der Waals surface area contributed by atoms with Crippen LogP contribution >= 0.6 is 0 Å². The molecule has 2 aromatic rings. The van der Waals surface area contributed by atoms with Crippen LogP contribution in [0.3, 0.4) is 0 Å². The highest BCUT2D eigenvalue weighted by Gasteiger charge is 2.27. The number of nitrogens with zero attached hydrogens (tertiary/aromatic N) is 1. The molecule has 2 amide bonds. The van der Waals surface area contributed by atoms with Gasteiger partial charge in [-0.25, -0.2) is 4.39 Å². The van der Waals surface area contributed by atoms with Crippen LogP contribution in [0.15, 0.2) is 48.5 Å². The molecule has 5 heteroatoms. The molecule has 4 nitrogen and oxygen atoms in total. The minimum atomic E-state index is -0.631. The topological polar surface area (TPSA) is 49.4 Å². The van der Waals surface area contributed by atoms with Crippen LogP contribution in [0.25, 0.3) is 0 Å². The van der Waals surface area contributed by atoms with Crippen molar-refractivity contribution in [3.05, 3.63) is 71.0 Å². The van der Waals surface area contributed by atoms with Crippen LogP contribution in [0.4, 0.5) is 4.39 Å². The highest BCUT2D eigenvalue weighted by Crippen LogP contribution is 2.12. The molecule has 1 atom stereocenters. The number of likely N-dealkylation sites (N-methyl/N-ethyl adjacent to an activating group) is 1. The van der Waals surface area contributed by atoms with Crippen molar-refractivity contribution in [1.82, 2.24) is 10.2 Å². The van der Waals surface area contributed by atoms with Crippen molar-refractivity contribution in [1.29, 1.82) is 0 Å². The Labute approximate surface area is 154 Å². The van der Waals surface area contributed by atoms with Gasteiger partial charge in [-0.2, -0.15) is 0 Å². The predicted molar refractivity (Wildman–Crippen MR) is 100 cm³/mol. The first-order valence-corrected chi connectivity index (χ1v) is 8.65. The number of halogens is 1. The molecule has 0 saturated heterocycles. The first kappa shape index (κ1) is 19.6. The van der Waals surface area contributed by atoms with Gasteiger partial charge in [-0.1, -0.05) is 43.7 Å². The van der Waals surface area contributed by atoms with E-state index in [1.807, 2.05) is 32.9 Å². The van der Waals surface area contributed by atoms with Gasteiger partial charge in [-0.05, 0) is 42.7 Å². The molecule has 0 aliphatic carbocycles. The van der Waals surface area contributed by atoms with Crippen molar-refractivity contribution >= 4 is 11.8 Å². The number of hydrogen-bond acceptors (Lipinski definition) is 2. The fraction of sp³-hybridized carbons (Fsp3) is 0.333. The molecule has 2 rings (SSSR count). The van der Waals surface area contributed by atoms with Crippen LogP contribution in [-0.4, -0.2) is 29.8 Å². The predicted octanol–water partition coefficient (Wildman–Crippen LogP) is 3.55. The maximum absolute atomic E-state index is 13.0. The summed E-state index contributed by atoms with van der Waals surface area (Å²) in [6, 6.07) is 12.7. The van der Waals surface area contributed by atoms with E-state index in [9.17, 15) is 14.0 Å². The van der Waals surface area contributed by atoms with E-state index in [0.717, 1.165) is 11.1 Å². The third-order valence-electron chi connectivity index (χ3n) is 4.21. The molecule has 0 aromatic heterocycles. The summed E-state index contributed by atoms with van der Waals surface area (Å²) in [5.74, 6) is -0.818. The van der Waals surface area contributed by atoms with Crippen molar-refractivity contribution in [2.45, 2.75) is 33.4 Å². The van der Waals surface area contributed by atoms with Crippen LogP contribution in [0.1, 0.15) is 35.3 Å². The van der Waals surface area contributed by atoms with Gasteiger partial charge in [0.05, 0.1) is 0 Å². The summed E-state index contributed by atoms with van der Waals surface area (Å²) in [6.07, 6.45) is 0. The maximum atomic E-state index is 13.0. The molecule has 0 aliphatic heterocycles. The summed E-state index contributed by atoms with van der Waals surface area (Å²) in [7, 11) is 1.68. The standard InChI is InChI=1S/C21H25FN2O2/c1-14(2)19(23-20(25)17-7-5-6-15(3)12-17)21(26)24(4)13-16-8-10-18(22)11-9-16/h5-12,14,19H,13H2,1-4H3,(H,23,25)/t19-/m0/s1. The zero-order chi connectivity index (χ0) is 19.3. The minimum absolute atomic E-state index is 0.0630. The highest BCUT2D eigenvalue weighted by molar-refractivity contribution is 5.97. The Hall–Kier alpha value is -2.69. The van der Waals surface area contributed by atoms with Crippen molar-refractivity contribution in [3.63, 3.8) is 0 Å². The Morgan fingerprint density at radius 2 is 1.77 bits per heavy atom. The Morgan fingerprint density at radius 3 is 2.35 bits per heavy atom. The number of nitrogens with one attached hydrogen (secondary N) is 1. The molecule has 1 N–H and O–H groups in total. The van der Waals surface area contributed by atoms with Gasteiger partial charge < -0.3 is 10.2 Å². The SMILES string of the molecule is Cc1cccc(C(=O)N[C@H](C(=O)N(C)Cc2ccc(F)cc2)C(C)C)c1. The van der Waals surface area contributed by atoms with Crippen molar-refractivity contribution < 1.29 is 14.0 Å². The summed E-state index contributed by atoms with van der Waals surface area (Å²) in [5, 5.41) is 2.85. The second kappa shape index (κ2) is 8.61. The van der Waals surface area contributed by atoms with E-state index >= 15 is 0 Å². The number of rotatable bonds is 6. The van der Waals surface area contributed by atoms with E-state index in [1.165, 1.54) is 12.1 Å². The number of hydrogen-bond donors (Lipinski definition) is 1. The molecule has 2 aromatic carbocycles. The first-order valence-electron chi connectivity index (χ1n) is 8.65. The lowest BCUT2D eigenvalue weighted by Crippen LogP contribution is -2.50. The van der Waals surface area contributed by atoms with E-state index < -0.39 is 6.04 Å². The molecule has 138 valence electrons. The number of aryl methyl sites for hydroxylation is 1. The summed E-state index contributed by atoms with van der Waals surface area (Å²) >= 11 is 0. The Balaban J connectivity index is 2.08. The van der Waals surface area contributed by atoms with Gasteiger partial charge in [0.25, 0.3) is 5.91 Å². The fourth-order valence-electron chi connectivity index (χ4n) is 2.70. The van der Waals surface area contributed by atoms with Crippen LogP contribution < -0.4 is 5.32 Å². The summed E-state index contributed by atoms with van der Waals surface area (Å²) in [5.41, 5.74) is 2.35. The monoisotopic (exact) mass is 356 g/mol. The lowest BCUT2D eigenvalue weighted by molar-refractivity contribution is -0.133.